The number of unbranched alkanes of at least 4 members (excludes halogenated alkanes) is 1. The van der Waals surface area contributed by atoms with Crippen LogP contribution in [-0.2, 0) is 0 Å². The molecule has 3 aromatic rings. The van der Waals surface area contributed by atoms with E-state index in [1.807, 2.05) is 43.0 Å². The van der Waals surface area contributed by atoms with Crippen LogP contribution in [0.25, 0.3) is 11.0 Å². The van der Waals surface area contributed by atoms with Crippen molar-refractivity contribution in [2.45, 2.75) is 59.4 Å². The van der Waals surface area contributed by atoms with E-state index >= 15 is 0 Å². The van der Waals surface area contributed by atoms with E-state index in [4.69, 9.17) is 4.42 Å². The summed E-state index contributed by atoms with van der Waals surface area (Å²) in [5.74, 6) is 0.439. The molecule has 0 fully saturated rings. The second-order valence-electron chi connectivity index (χ2n) is 8.70. The second-order valence-corrected chi connectivity index (χ2v) is 8.70. The van der Waals surface area contributed by atoms with E-state index in [1.165, 1.54) is 5.56 Å². The van der Waals surface area contributed by atoms with Crippen LogP contribution in [0.5, 0.6) is 0 Å². The number of fused-ring (bicyclic) bond motifs is 2. The summed E-state index contributed by atoms with van der Waals surface area (Å²) in [5, 5.41) is 0.577. The minimum Gasteiger partial charge on any atom is -0.450 e. The zero-order valence-corrected chi connectivity index (χ0v) is 18.4. The van der Waals surface area contributed by atoms with Crippen LogP contribution in [0, 0.1) is 13.8 Å². The molecule has 0 N–H and O–H groups in total. The lowest BCUT2D eigenvalue weighted by Crippen LogP contribution is -2.30. The number of nitrogens with zero attached hydrogens (tertiary/aromatic N) is 1. The Morgan fingerprint density at radius 2 is 1.77 bits per heavy atom. The van der Waals surface area contributed by atoms with Crippen molar-refractivity contribution in [3.63, 3.8) is 0 Å². The highest BCUT2D eigenvalue weighted by Crippen LogP contribution is 2.39. The van der Waals surface area contributed by atoms with Gasteiger partial charge in [0.15, 0.2) is 5.43 Å². The molecule has 0 saturated heterocycles. The summed E-state index contributed by atoms with van der Waals surface area (Å²) >= 11 is 0. The van der Waals surface area contributed by atoms with Gasteiger partial charge in [-0.15, -0.1) is 0 Å². The Morgan fingerprint density at radius 1 is 1.07 bits per heavy atom. The summed E-state index contributed by atoms with van der Waals surface area (Å²) in [6.45, 7) is 10.9. The zero-order chi connectivity index (χ0) is 21.6. The fourth-order valence-electron chi connectivity index (χ4n) is 4.48. The lowest BCUT2D eigenvalue weighted by Gasteiger charge is -2.25. The molecule has 1 unspecified atom stereocenters. The van der Waals surface area contributed by atoms with Gasteiger partial charge in [0.05, 0.1) is 17.0 Å². The van der Waals surface area contributed by atoms with Crippen LogP contribution in [0.2, 0.25) is 0 Å². The summed E-state index contributed by atoms with van der Waals surface area (Å²) in [6.07, 6.45) is 1.85. The van der Waals surface area contributed by atoms with E-state index in [9.17, 15) is 9.59 Å². The molecule has 2 heterocycles. The van der Waals surface area contributed by atoms with Crippen molar-refractivity contribution in [2.24, 2.45) is 0 Å². The summed E-state index contributed by atoms with van der Waals surface area (Å²) < 4.78 is 6.09. The zero-order valence-electron chi connectivity index (χ0n) is 18.4. The van der Waals surface area contributed by atoms with E-state index in [0.717, 1.165) is 29.5 Å². The number of carbonyl (C=O) groups excluding carboxylic acids is 1. The molecule has 1 amide bonds. The Labute approximate surface area is 177 Å². The molecule has 0 spiro atoms. The van der Waals surface area contributed by atoms with Crippen molar-refractivity contribution in [1.82, 2.24) is 4.90 Å². The predicted octanol–water partition coefficient (Wildman–Crippen LogP) is 5.88. The largest absolute Gasteiger partial charge is 0.450 e. The maximum Gasteiger partial charge on any atom is 0.290 e. The minimum atomic E-state index is -0.401. The monoisotopic (exact) mass is 403 g/mol. The number of hydrogen-bond acceptors (Lipinski definition) is 3. The van der Waals surface area contributed by atoms with Crippen LogP contribution in [-0.4, -0.2) is 17.4 Å². The van der Waals surface area contributed by atoms with Crippen molar-refractivity contribution in [3.8, 4) is 0 Å². The molecule has 2 aromatic carbocycles. The molecule has 0 bridgehead atoms. The maximum atomic E-state index is 13.6. The first kappa shape index (κ1) is 20.4. The lowest BCUT2D eigenvalue weighted by molar-refractivity contribution is 0.0725. The van der Waals surface area contributed by atoms with Crippen molar-refractivity contribution in [3.05, 3.63) is 80.2 Å². The minimum absolute atomic E-state index is 0.0889. The van der Waals surface area contributed by atoms with Crippen LogP contribution < -0.4 is 5.43 Å². The normalized spacial score (nSPS) is 16.0. The van der Waals surface area contributed by atoms with Crippen LogP contribution in [0.3, 0.4) is 0 Å². The maximum absolute atomic E-state index is 13.6. The highest BCUT2D eigenvalue weighted by Gasteiger charge is 2.42. The van der Waals surface area contributed by atoms with Gasteiger partial charge < -0.3 is 9.32 Å². The van der Waals surface area contributed by atoms with Gasteiger partial charge in [0.25, 0.3) is 5.91 Å². The van der Waals surface area contributed by atoms with Crippen LogP contribution >= 0.6 is 0 Å². The number of benzene rings is 2. The molecule has 0 aliphatic carbocycles. The first-order valence-electron chi connectivity index (χ1n) is 10.8. The van der Waals surface area contributed by atoms with Gasteiger partial charge in [0.1, 0.15) is 5.58 Å². The highest BCUT2D eigenvalue weighted by molar-refractivity contribution is 5.99. The molecule has 0 saturated carbocycles. The van der Waals surface area contributed by atoms with Crippen LogP contribution in [0.1, 0.15) is 83.9 Å². The van der Waals surface area contributed by atoms with Gasteiger partial charge in [-0.25, -0.2) is 0 Å². The predicted molar refractivity (Wildman–Crippen MR) is 120 cm³/mol. The quantitative estimate of drug-likeness (QED) is 0.535. The molecular formula is C26H29NO3. The van der Waals surface area contributed by atoms with E-state index in [1.54, 1.807) is 0 Å². The fraction of sp³-hybridized carbons (Fsp3) is 0.385. The van der Waals surface area contributed by atoms with Gasteiger partial charge in [-0.3, -0.25) is 9.59 Å². The number of hydrogen-bond donors (Lipinski definition) is 0. The molecule has 4 rings (SSSR count). The van der Waals surface area contributed by atoms with Gasteiger partial charge in [0.2, 0.25) is 5.76 Å². The topological polar surface area (TPSA) is 50.5 Å². The molecule has 1 aliphatic rings. The Balaban J connectivity index is 1.95. The fourth-order valence-corrected chi connectivity index (χ4v) is 4.48. The molecule has 0 radical (unpaired) electrons. The van der Waals surface area contributed by atoms with Crippen molar-refractivity contribution in [1.29, 1.82) is 0 Å². The van der Waals surface area contributed by atoms with Crippen molar-refractivity contribution < 1.29 is 9.21 Å². The molecular weight excluding hydrogens is 374 g/mol. The lowest BCUT2D eigenvalue weighted by atomic mass is 9.94. The smallest absolute Gasteiger partial charge is 0.290 e. The van der Waals surface area contributed by atoms with Crippen molar-refractivity contribution >= 4 is 16.9 Å². The first-order chi connectivity index (χ1) is 14.3. The Hall–Kier alpha value is -2.88. The molecule has 4 nitrogen and oxygen atoms in total. The average molecular weight is 404 g/mol. The summed E-state index contributed by atoms with van der Waals surface area (Å²) in [7, 11) is 0. The molecule has 4 heteroatoms. The average Bonchev–Trinajstić information content (AvgIpc) is 2.98. The third-order valence-corrected chi connectivity index (χ3v) is 6.08. The number of amides is 1. The van der Waals surface area contributed by atoms with Crippen LogP contribution in [0.15, 0.2) is 45.6 Å². The Morgan fingerprint density at radius 3 is 2.40 bits per heavy atom. The Bertz CT molecular complexity index is 1170. The van der Waals surface area contributed by atoms with E-state index in [2.05, 4.69) is 32.9 Å². The SMILES string of the molecule is CCCCN1C(=O)c2oc3cc(C)cc(C)c3c(=O)c2C1c1ccc(C(C)C)cc1. The molecule has 1 aromatic heterocycles. The number of carbonyl (C=O) groups is 1. The summed E-state index contributed by atoms with van der Waals surface area (Å²) in [5.41, 5.74) is 4.98. The van der Waals surface area contributed by atoms with Gasteiger partial charge in [-0.2, -0.15) is 0 Å². The summed E-state index contributed by atoms with van der Waals surface area (Å²) in [6, 6.07) is 11.7. The molecule has 1 atom stereocenters. The Kier molecular flexibility index (Phi) is 5.27. The van der Waals surface area contributed by atoms with Crippen LogP contribution in [0.4, 0.5) is 0 Å². The van der Waals surface area contributed by atoms with E-state index in [0.29, 0.717) is 29.0 Å². The second kappa shape index (κ2) is 7.75. The molecule has 156 valence electrons. The summed E-state index contributed by atoms with van der Waals surface area (Å²) in [4.78, 5) is 28.8. The van der Waals surface area contributed by atoms with Gasteiger partial charge in [-0.1, -0.05) is 57.5 Å². The first-order valence-corrected chi connectivity index (χ1v) is 10.8. The van der Waals surface area contributed by atoms with E-state index in [-0.39, 0.29) is 17.1 Å². The molecule has 1 aliphatic heterocycles. The van der Waals surface area contributed by atoms with Gasteiger partial charge in [-0.05, 0) is 54.5 Å². The third kappa shape index (κ3) is 3.24. The van der Waals surface area contributed by atoms with E-state index < -0.39 is 6.04 Å². The number of aryl methyl sites for hydroxylation is 2. The highest BCUT2D eigenvalue weighted by atomic mass is 16.3. The molecule has 30 heavy (non-hydrogen) atoms. The van der Waals surface area contributed by atoms with Crippen molar-refractivity contribution in [2.75, 3.05) is 6.54 Å². The third-order valence-electron chi connectivity index (χ3n) is 6.08. The van der Waals surface area contributed by atoms with Gasteiger partial charge >= 0.3 is 0 Å². The number of rotatable bonds is 5. The standard InChI is InChI=1S/C26H29NO3/c1-6-7-12-27-23(19-10-8-18(9-11-19)15(2)3)22-24(28)21-17(5)13-16(4)14-20(21)30-25(22)26(27)29/h8-11,13-15,23H,6-7,12H2,1-5H3. The van der Waals surface area contributed by atoms with Gasteiger partial charge in [0, 0.05) is 6.54 Å².